The number of likely N-dealkylation sites (tertiary alicyclic amines) is 1. The lowest BCUT2D eigenvalue weighted by Crippen LogP contribution is -2.39. The molecule has 0 atom stereocenters. The van der Waals surface area contributed by atoms with Crippen molar-refractivity contribution < 1.29 is 4.79 Å². The standard InChI is InChI=1S/C20H23ClN6O/c1-14-19(15(2)26(24-14)11-16-5-3-4-6-18(16)21)20(28)25-9-7-17(8-10-25)27-13-22-12-23-27/h3-6,12-13,17H,7-11H2,1-2H3. The lowest BCUT2D eigenvalue weighted by molar-refractivity contribution is 0.0688. The molecule has 0 saturated carbocycles. The number of hydrogen-bond donors (Lipinski definition) is 0. The third-order valence-electron chi connectivity index (χ3n) is 5.44. The lowest BCUT2D eigenvalue weighted by atomic mass is 10.0. The lowest BCUT2D eigenvalue weighted by Gasteiger charge is -2.32. The molecule has 3 aromatic rings. The Morgan fingerprint density at radius 2 is 1.96 bits per heavy atom. The van der Waals surface area contributed by atoms with E-state index in [1.165, 1.54) is 0 Å². The Bertz CT molecular complexity index is 973. The zero-order valence-electron chi connectivity index (χ0n) is 16.0. The van der Waals surface area contributed by atoms with Gasteiger partial charge in [-0.05, 0) is 38.3 Å². The van der Waals surface area contributed by atoms with Gasteiger partial charge in [-0.25, -0.2) is 9.67 Å². The van der Waals surface area contributed by atoms with E-state index in [-0.39, 0.29) is 5.91 Å². The van der Waals surface area contributed by atoms with Crippen LogP contribution in [0.2, 0.25) is 5.02 Å². The third kappa shape index (κ3) is 3.54. The average Bonchev–Trinajstić information content (AvgIpc) is 3.32. The second-order valence-corrected chi connectivity index (χ2v) is 7.60. The van der Waals surface area contributed by atoms with Crippen molar-refractivity contribution in [1.82, 2.24) is 29.4 Å². The summed E-state index contributed by atoms with van der Waals surface area (Å²) in [6.07, 6.45) is 5.05. The predicted octanol–water partition coefficient (Wildman–Crippen LogP) is 3.27. The summed E-state index contributed by atoms with van der Waals surface area (Å²) >= 11 is 6.29. The van der Waals surface area contributed by atoms with Crippen LogP contribution in [-0.4, -0.2) is 48.4 Å². The molecule has 3 heterocycles. The first-order chi connectivity index (χ1) is 13.5. The van der Waals surface area contributed by atoms with Gasteiger partial charge in [-0.3, -0.25) is 9.48 Å². The van der Waals surface area contributed by atoms with Crippen LogP contribution >= 0.6 is 11.6 Å². The fraction of sp³-hybridized carbons (Fsp3) is 0.400. The Morgan fingerprint density at radius 3 is 2.64 bits per heavy atom. The van der Waals surface area contributed by atoms with E-state index in [0.29, 0.717) is 36.3 Å². The molecule has 8 heteroatoms. The first kappa shape index (κ1) is 18.7. The Hall–Kier alpha value is -2.67. The van der Waals surface area contributed by atoms with E-state index >= 15 is 0 Å². The van der Waals surface area contributed by atoms with Crippen LogP contribution in [0.25, 0.3) is 0 Å². The van der Waals surface area contributed by atoms with Crippen molar-refractivity contribution in [2.24, 2.45) is 0 Å². The molecule has 4 rings (SSSR count). The van der Waals surface area contributed by atoms with Crippen LogP contribution in [0.15, 0.2) is 36.9 Å². The van der Waals surface area contributed by atoms with Crippen LogP contribution in [0.4, 0.5) is 0 Å². The van der Waals surface area contributed by atoms with Gasteiger partial charge in [-0.2, -0.15) is 10.2 Å². The van der Waals surface area contributed by atoms with E-state index in [2.05, 4.69) is 15.2 Å². The zero-order chi connectivity index (χ0) is 19.7. The van der Waals surface area contributed by atoms with Crippen LogP contribution in [-0.2, 0) is 6.54 Å². The maximum absolute atomic E-state index is 13.2. The van der Waals surface area contributed by atoms with Crippen molar-refractivity contribution in [1.29, 1.82) is 0 Å². The first-order valence-electron chi connectivity index (χ1n) is 9.45. The topological polar surface area (TPSA) is 68.8 Å². The van der Waals surface area contributed by atoms with Crippen LogP contribution < -0.4 is 0 Å². The van der Waals surface area contributed by atoms with Crippen molar-refractivity contribution in [2.75, 3.05) is 13.1 Å². The monoisotopic (exact) mass is 398 g/mol. The molecular formula is C20H23ClN6O. The smallest absolute Gasteiger partial charge is 0.257 e. The summed E-state index contributed by atoms with van der Waals surface area (Å²) in [4.78, 5) is 19.1. The second kappa shape index (κ2) is 7.75. The molecule has 0 aliphatic carbocycles. The predicted molar refractivity (Wildman–Crippen MR) is 106 cm³/mol. The summed E-state index contributed by atoms with van der Waals surface area (Å²) in [5.74, 6) is 0.0532. The highest BCUT2D eigenvalue weighted by Gasteiger charge is 2.28. The highest BCUT2D eigenvalue weighted by molar-refractivity contribution is 6.31. The van der Waals surface area contributed by atoms with Crippen molar-refractivity contribution in [2.45, 2.75) is 39.3 Å². The fourth-order valence-corrected chi connectivity index (χ4v) is 4.04. The number of rotatable bonds is 4. The quantitative estimate of drug-likeness (QED) is 0.676. The van der Waals surface area contributed by atoms with Crippen LogP contribution in [0, 0.1) is 13.8 Å². The Morgan fingerprint density at radius 1 is 1.21 bits per heavy atom. The number of carbonyl (C=O) groups excluding carboxylic acids is 1. The zero-order valence-corrected chi connectivity index (χ0v) is 16.8. The largest absolute Gasteiger partial charge is 0.338 e. The van der Waals surface area contributed by atoms with Gasteiger partial charge in [0.25, 0.3) is 5.91 Å². The van der Waals surface area contributed by atoms with Gasteiger partial charge in [0.15, 0.2) is 0 Å². The molecule has 0 unspecified atom stereocenters. The van der Waals surface area contributed by atoms with Crippen LogP contribution in [0.3, 0.4) is 0 Å². The van der Waals surface area contributed by atoms with Gasteiger partial charge < -0.3 is 4.90 Å². The van der Waals surface area contributed by atoms with E-state index in [1.807, 2.05) is 52.4 Å². The molecule has 1 saturated heterocycles. The average molecular weight is 399 g/mol. The number of aryl methyl sites for hydroxylation is 1. The van der Waals surface area contributed by atoms with Crippen molar-refractivity contribution >= 4 is 17.5 Å². The summed E-state index contributed by atoms with van der Waals surface area (Å²) < 4.78 is 3.76. The molecule has 146 valence electrons. The summed E-state index contributed by atoms with van der Waals surface area (Å²) in [5.41, 5.74) is 3.32. The summed E-state index contributed by atoms with van der Waals surface area (Å²) in [6.45, 7) is 5.81. The maximum atomic E-state index is 13.2. The number of benzene rings is 1. The van der Waals surface area contributed by atoms with Gasteiger partial charge in [0.1, 0.15) is 12.7 Å². The van der Waals surface area contributed by atoms with Gasteiger partial charge in [0.05, 0.1) is 23.8 Å². The minimum atomic E-state index is 0.0532. The molecule has 2 aromatic heterocycles. The molecule has 1 aliphatic heterocycles. The highest BCUT2D eigenvalue weighted by Crippen LogP contribution is 2.25. The van der Waals surface area contributed by atoms with E-state index in [0.717, 1.165) is 29.8 Å². The molecule has 0 bridgehead atoms. The van der Waals surface area contributed by atoms with E-state index < -0.39 is 0 Å². The fourth-order valence-electron chi connectivity index (χ4n) is 3.85. The molecule has 1 amide bonds. The van der Waals surface area contributed by atoms with E-state index in [9.17, 15) is 4.79 Å². The Kier molecular flexibility index (Phi) is 5.17. The summed E-state index contributed by atoms with van der Waals surface area (Å²) in [7, 11) is 0. The van der Waals surface area contributed by atoms with E-state index in [4.69, 9.17) is 11.6 Å². The minimum absolute atomic E-state index is 0.0532. The Labute approximate surface area is 168 Å². The van der Waals surface area contributed by atoms with Crippen molar-refractivity contribution in [3.05, 3.63) is 64.5 Å². The van der Waals surface area contributed by atoms with Gasteiger partial charge in [-0.1, -0.05) is 29.8 Å². The van der Waals surface area contributed by atoms with Gasteiger partial charge >= 0.3 is 0 Å². The molecule has 0 spiro atoms. The normalized spacial score (nSPS) is 15.2. The van der Waals surface area contributed by atoms with Crippen LogP contribution in [0.1, 0.15) is 46.2 Å². The number of nitrogens with zero attached hydrogens (tertiary/aromatic N) is 6. The number of carbonyl (C=O) groups is 1. The molecule has 1 aromatic carbocycles. The molecule has 28 heavy (non-hydrogen) atoms. The summed E-state index contributed by atoms with van der Waals surface area (Å²) in [5, 5.41) is 9.54. The molecule has 1 aliphatic rings. The highest BCUT2D eigenvalue weighted by atomic mass is 35.5. The summed E-state index contributed by atoms with van der Waals surface area (Å²) in [6, 6.07) is 8.02. The molecule has 1 fully saturated rings. The molecule has 0 N–H and O–H groups in total. The molecule has 7 nitrogen and oxygen atoms in total. The number of aromatic nitrogens is 5. The molecular weight excluding hydrogens is 376 g/mol. The van der Waals surface area contributed by atoms with Crippen molar-refractivity contribution in [3.8, 4) is 0 Å². The number of piperidine rings is 1. The van der Waals surface area contributed by atoms with Gasteiger partial charge in [-0.15, -0.1) is 0 Å². The first-order valence-corrected chi connectivity index (χ1v) is 9.83. The maximum Gasteiger partial charge on any atom is 0.257 e. The minimum Gasteiger partial charge on any atom is -0.338 e. The number of amides is 1. The van der Waals surface area contributed by atoms with Gasteiger partial charge in [0, 0.05) is 23.8 Å². The third-order valence-corrected chi connectivity index (χ3v) is 5.80. The van der Waals surface area contributed by atoms with E-state index in [1.54, 1.807) is 12.7 Å². The Balaban J connectivity index is 1.49. The van der Waals surface area contributed by atoms with Gasteiger partial charge in [0.2, 0.25) is 0 Å². The number of halogens is 1. The van der Waals surface area contributed by atoms with Crippen LogP contribution in [0.5, 0.6) is 0 Å². The molecule has 0 radical (unpaired) electrons. The second-order valence-electron chi connectivity index (χ2n) is 7.19. The van der Waals surface area contributed by atoms with Crippen molar-refractivity contribution in [3.63, 3.8) is 0 Å². The number of hydrogen-bond acceptors (Lipinski definition) is 4. The SMILES string of the molecule is Cc1nn(Cc2ccccc2Cl)c(C)c1C(=O)N1CCC(n2cncn2)CC1.